The van der Waals surface area contributed by atoms with Crippen LogP contribution >= 0.6 is 0 Å². The molecular weight excluding hydrogens is 321 g/mol. The minimum atomic E-state index is -0.551. The third-order valence-corrected chi connectivity index (χ3v) is 3.97. The smallest absolute Gasteiger partial charge is 0.407 e. The van der Waals surface area contributed by atoms with E-state index in [1.165, 1.54) is 12.1 Å². The van der Waals surface area contributed by atoms with E-state index < -0.39 is 11.7 Å². The maximum absolute atomic E-state index is 13.7. The molecule has 3 rings (SSSR count). The highest BCUT2D eigenvalue weighted by Crippen LogP contribution is 2.39. The van der Waals surface area contributed by atoms with Crippen LogP contribution in [-0.2, 0) is 11.2 Å². The number of carbonyl (C=O) groups excluding carboxylic acids is 1. The summed E-state index contributed by atoms with van der Waals surface area (Å²) in [5, 5.41) is 2.81. The summed E-state index contributed by atoms with van der Waals surface area (Å²) in [6.45, 7) is 5.84. The van der Waals surface area contributed by atoms with Crippen molar-refractivity contribution in [2.45, 2.75) is 38.7 Å². The molecule has 1 amide bonds. The number of para-hydroxylation sites is 1. The molecule has 0 unspecified atom stereocenters. The van der Waals surface area contributed by atoms with Crippen molar-refractivity contribution >= 4 is 6.09 Å². The number of nitrogens with one attached hydrogen (secondary N) is 1. The first-order valence-corrected chi connectivity index (χ1v) is 8.34. The van der Waals surface area contributed by atoms with Crippen LogP contribution < -0.4 is 10.1 Å². The lowest BCUT2D eigenvalue weighted by molar-refractivity contribution is 0.0524. The summed E-state index contributed by atoms with van der Waals surface area (Å²) in [4.78, 5) is 12.0. The third kappa shape index (κ3) is 4.29. The van der Waals surface area contributed by atoms with E-state index in [4.69, 9.17) is 9.47 Å². The zero-order chi connectivity index (χ0) is 18.0. The Balaban J connectivity index is 1.84. The van der Waals surface area contributed by atoms with E-state index in [1.54, 1.807) is 6.07 Å². The van der Waals surface area contributed by atoms with Gasteiger partial charge >= 0.3 is 6.09 Å². The van der Waals surface area contributed by atoms with Crippen LogP contribution in [0.3, 0.4) is 0 Å². The van der Waals surface area contributed by atoms with Crippen LogP contribution in [-0.4, -0.2) is 18.2 Å². The third-order valence-electron chi connectivity index (χ3n) is 3.97. The predicted octanol–water partition coefficient (Wildman–Crippen LogP) is 4.78. The molecular formula is C20H22FNO3. The number of rotatable bonds is 2. The molecule has 0 aromatic heterocycles. The number of halogens is 1. The minimum absolute atomic E-state index is 0.0354. The summed E-state index contributed by atoms with van der Waals surface area (Å²) >= 11 is 0. The quantitative estimate of drug-likeness (QED) is 0.853. The Morgan fingerprint density at radius 2 is 2.00 bits per heavy atom. The number of benzene rings is 2. The predicted molar refractivity (Wildman–Crippen MR) is 93.6 cm³/mol. The molecule has 2 aromatic rings. The fraction of sp³-hybridized carbons (Fsp3) is 0.350. The SMILES string of the molecule is CC(C)(C)OC(=O)NC[C@@H]1Cc2ccccc2Oc2cc(F)ccc21. The highest BCUT2D eigenvalue weighted by atomic mass is 19.1. The normalized spacial score (nSPS) is 16.1. The number of fused-ring (bicyclic) bond motifs is 2. The summed E-state index contributed by atoms with van der Waals surface area (Å²) in [5.41, 5.74) is 1.34. The molecule has 0 saturated carbocycles. The second-order valence-electron chi connectivity index (χ2n) is 7.18. The van der Waals surface area contributed by atoms with Gasteiger partial charge in [-0.1, -0.05) is 24.3 Å². The number of ether oxygens (including phenoxy) is 2. The Morgan fingerprint density at radius 3 is 2.76 bits per heavy atom. The zero-order valence-electron chi connectivity index (χ0n) is 14.6. The molecule has 2 aromatic carbocycles. The van der Waals surface area contributed by atoms with E-state index in [9.17, 15) is 9.18 Å². The van der Waals surface area contributed by atoms with Crippen LogP contribution in [0.4, 0.5) is 9.18 Å². The molecule has 0 spiro atoms. The van der Waals surface area contributed by atoms with E-state index in [2.05, 4.69) is 5.32 Å². The summed E-state index contributed by atoms with van der Waals surface area (Å²) in [6, 6.07) is 12.2. The number of hydrogen-bond donors (Lipinski definition) is 1. The van der Waals surface area contributed by atoms with Gasteiger partial charge in [-0.05, 0) is 44.9 Å². The molecule has 4 nitrogen and oxygen atoms in total. The van der Waals surface area contributed by atoms with Gasteiger partial charge in [0.1, 0.15) is 22.9 Å². The van der Waals surface area contributed by atoms with Crippen molar-refractivity contribution in [3.05, 3.63) is 59.4 Å². The highest BCUT2D eigenvalue weighted by Gasteiger charge is 2.25. The minimum Gasteiger partial charge on any atom is -0.457 e. The molecule has 1 aliphatic rings. The van der Waals surface area contributed by atoms with Crippen LogP contribution in [0.5, 0.6) is 11.5 Å². The Bertz CT molecular complexity index is 783. The number of alkyl carbamates (subject to hydrolysis) is 1. The maximum atomic E-state index is 13.7. The first-order valence-electron chi connectivity index (χ1n) is 8.34. The van der Waals surface area contributed by atoms with Crippen molar-refractivity contribution < 1.29 is 18.7 Å². The van der Waals surface area contributed by atoms with Gasteiger partial charge in [-0.15, -0.1) is 0 Å². The van der Waals surface area contributed by atoms with E-state index in [-0.39, 0.29) is 11.7 Å². The Hall–Kier alpha value is -2.56. The van der Waals surface area contributed by atoms with Gasteiger partial charge < -0.3 is 14.8 Å². The van der Waals surface area contributed by atoms with Gasteiger partial charge in [-0.25, -0.2) is 9.18 Å². The lowest BCUT2D eigenvalue weighted by Crippen LogP contribution is -2.35. The molecule has 1 atom stereocenters. The Morgan fingerprint density at radius 1 is 1.24 bits per heavy atom. The standard InChI is InChI=1S/C20H22FNO3/c1-20(2,3)25-19(23)22-12-14-10-13-6-4-5-7-17(13)24-18-11-15(21)8-9-16(14)18/h4-9,11,14H,10,12H2,1-3H3,(H,22,23)/t14-/m0/s1. The number of hydrogen-bond acceptors (Lipinski definition) is 3. The molecule has 0 bridgehead atoms. The van der Waals surface area contributed by atoms with Crippen molar-refractivity contribution in [3.8, 4) is 11.5 Å². The Kier molecular flexibility index (Phi) is 4.66. The summed E-state index contributed by atoms with van der Waals surface area (Å²) in [7, 11) is 0. The molecule has 1 heterocycles. The van der Waals surface area contributed by atoms with E-state index in [0.29, 0.717) is 24.5 Å². The number of carbonyl (C=O) groups is 1. The van der Waals surface area contributed by atoms with Gasteiger partial charge in [0.15, 0.2) is 0 Å². The fourth-order valence-corrected chi connectivity index (χ4v) is 2.90. The van der Waals surface area contributed by atoms with Crippen LogP contribution in [0.1, 0.15) is 37.8 Å². The molecule has 25 heavy (non-hydrogen) atoms. The average molecular weight is 343 g/mol. The van der Waals surface area contributed by atoms with E-state index >= 15 is 0 Å². The lowest BCUT2D eigenvalue weighted by atomic mass is 9.92. The first-order chi connectivity index (χ1) is 11.8. The van der Waals surface area contributed by atoms with E-state index in [1.807, 2.05) is 45.0 Å². The van der Waals surface area contributed by atoms with Crippen molar-refractivity contribution in [2.24, 2.45) is 0 Å². The lowest BCUT2D eigenvalue weighted by Gasteiger charge is -2.22. The Labute approximate surface area is 147 Å². The molecule has 1 aliphatic heterocycles. The van der Waals surface area contributed by atoms with Gasteiger partial charge in [0.25, 0.3) is 0 Å². The van der Waals surface area contributed by atoms with Crippen LogP contribution in [0, 0.1) is 5.82 Å². The van der Waals surface area contributed by atoms with Gasteiger partial charge in [0.2, 0.25) is 0 Å². The average Bonchev–Trinajstić information content (AvgIpc) is 2.67. The van der Waals surface area contributed by atoms with Crippen molar-refractivity contribution in [1.29, 1.82) is 0 Å². The highest BCUT2D eigenvalue weighted by molar-refractivity contribution is 5.67. The van der Waals surface area contributed by atoms with Gasteiger partial charge in [0, 0.05) is 24.1 Å². The zero-order valence-corrected chi connectivity index (χ0v) is 14.6. The molecule has 0 aliphatic carbocycles. The summed E-state index contributed by atoms with van der Waals surface area (Å²) in [6.07, 6.45) is 0.222. The van der Waals surface area contributed by atoms with Crippen molar-refractivity contribution in [2.75, 3.05) is 6.54 Å². The topological polar surface area (TPSA) is 47.6 Å². The van der Waals surface area contributed by atoms with Crippen LogP contribution in [0.15, 0.2) is 42.5 Å². The largest absolute Gasteiger partial charge is 0.457 e. The molecule has 0 radical (unpaired) electrons. The fourth-order valence-electron chi connectivity index (χ4n) is 2.90. The monoisotopic (exact) mass is 343 g/mol. The summed E-state index contributed by atoms with van der Waals surface area (Å²) < 4.78 is 24.9. The van der Waals surface area contributed by atoms with Crippen LogP contribution in [0.2, 0.25) is 0 Å². The van der Waals surface area contributed by atoms with Gasteiger partial charge in [-0.3, -0.25) is 0 Å². The maximum Gasteiger partial charge on any atom is 0.407 e. The van der Waals surface area contributed by atoms with Gasteiger partial charge in [0.05, 0.1) is 0 Å². The van der Waals surface area contributed by atoms with Crippen molar-refractivity contribution in [1.82, 2.24) is 5.32 Å². The van der Waals surface area contributed by atoms with Crippen LogP contribution in [0.25, 0.3) is 0 Å². The molecule has 5 heteroatoms. The van der Waals surface area contributed by atoms with Gasteiger partial charge in [-0.2, -0.15) is 0 Å². The second-order valence-corrected chi connectivity index (χ2v) is 7.18. The molecule has 1 N–H and O–H groups in total. The molecule has 0 saturated heterocycles. The number of amides is 1. The molecule has 132 valence electrons. The second kappa shape index (κ2) is 6.75. The molecule has 0 fully saturated rings. The van der Waals surface area contributed by atoms with Crippen molar-refractivity contribution in [3.63, 3.8) is 0 Å². The van der Waals surface area contributed by atoms with E-state index in [0.717, 1.165) is 11.1 Å². The summed E-state index contributed by atoms with van der Waals surface area (Å²) in [5.74, 6) is 0.818. The first kappa shape index (κ1) is 17.3.